The van der Waals surface area contributed by atoms with Gasteiger partial charge in [0.05, 0.1) is 0 Å². The summed E-state index contributed by atoms with van der Waals surface area (Å²) in [6.45, 7) is 0. The lowest BCUT2D eigenvalue weighted by atomic mass is 10.1. The monoisotopic (exact) mass is 244 g/mol. The Balaban J connectivity index is 2.82. The van der Waals surface area contributed by atoms with E-state index < -0.39 is 12.1 Å². The van der Waals surface area contributed by atoms with E-state index in [-0.39, 0.29) is 5.52 Å². The second-order valence-electron chi connectivity index (χ2n) is 2.40. The number of rotatable bonds is 4. The van der Waals surface area contributed by atoms with Crippen molar-refractivity contribution in [3.63, 3.8) is 0 Å². The van der Waals surface area contributed by atoms with Gasteiger partial charge in [-0.15, -0.1) is 0 Å². The summed E-state index contributed by atoms with van der Waals surface area (Å²) in [4.78, 5) is 10.7. The maximum Gasteiger partial charge on any atom is 0.337 e. The normalized spacial score (nSPS) is 12.4. The topological polar surface area (TPSA) is 46.5 Å². The number of aliphatic carboxylic acids is 1. The van der Waals surface area contributed by atoms with Crippen molar-refractivity contribution in [3.8, 4) is 0 Å². The fourth-order valence-electron chi connectivity index (χ4n) is 1.00. The molecule has 13 heavy (non-hydrogen) atoms. The molecule has 0 spiro atoms. The molecular formula is C9H9BrO3. The van der Waals surface area contributed by atoms with E-state index in [1.807, 2.05) is 6.07 Å². The summed E-state index contributed by atoms with van der Waals surface area (Å²) < 4.78 is 5.01. The average Bonchev–Trinajstić information content (AvgIpc) is 2.15. The molecule has 1 atom stereocenters. The van der Waals surface area contributed by atoms with E-state index in [4.69, 9.17) is 9.84 Å². The lowest BCUT2D eigenvalue weighted by Gasteiger charge is -2.11. The molecule has 1 aromatic carbocycles. The standard InChI is InChI=1S/C9H9BrO3/c10-6-13-8(9(11)12)7-4-2-1-3-5-7/h1-5,8H,6H2,(H,11,12)/t8-/m0/s1. The number of hydrogen-bond acceptors (Lipinski definition) is 2. The van der Waals surface area contributed by atoms with Crippen LogP contribution >= 0.6 is 15.9 Å². The highest BCUT2D eigenvalue weighted by Crippen LogP contribution is 2.17. The van der Waals surface area contributed by atoms with Crippen LogP contribution in [0.4, 0.5) is 0 Å². The van der Waals surface area contributed by atoms with Gasteiger partial charge in [0, 0.05) is 0 Å². The number of carbonyl (C=O) groups is 1. The van der Waals surface area contributed by atoms with Crippen LogP contribution in [0.2, 0.25) is 0 Å². The molecule has 0 amide bonds. The lowest BCUT2D eigenvalue weighted by molar-refractivity contribution is -0.149. The van der Waals surface area contributed by atoms with Crippen LogP contribution in [-0.2, 0) is 9.53 Å². The molecular weight excluding hydrogens is 236 g/mol. The number of halogens is 1. The van der Waals surface area contributed by atoms with E-state index in [1.165, 1.54) is 0 Å². The highest BCUT2D eigenvalue weighted by Gasteiger charge is 2.19. The highest BCUT2D eigenvalue weighted by atomic mass is 79.9. The predicted molar refractivity (Wildman–Crippen MR) is 51.7 cm³/mol. The van der Waals surface area contributed by atoms with Gasteiger partial charge in [-0.2, -0.15) is 0 Å². The van der Waals surface area contributed by atoms with E-state index in [1.54, 1.807) is 24.3 Å². The molecule has 0 aromatic heterocycles. The zero-order chi connectivity index (χ0) is 9.68. The van der Waals surface area contributed by atoms with Gasteiger partial charge < -0.3 is 9.84 Å². The van der Waals surface area contributed by atoms with Crippen molar-refractivity contribution in [2.24, 2.45) is 0 Å². The Bertz CT molecular complexity index is 273. The Morgan fingerprint density at radius 1 is 1.46 bits per heavy atom. The van der Waals surface area contributed by atoms with Gasteiger partial charge in [0.1, 0.15) is 5.52 Å². The van der Waals surface area contributed by atoms with Crippen LogP contribution in [-0.4, -0.2) is 16.6 Å². The maximum atomic E-state index is 10.7. The van der Waals surface area contributed by atoms with Crippen LogP contribution in [0.1, 0.15) is 11.7 Å². The predicted octanol–water partition coefficient (Wildman–Crippen LogP) is 2.18. The van der Waals surface area contributed by atoms with Gasteiger partial charge in [0.25, 0.3) is 0 Å². The largest absolute Gasteiger partial charge is 0.479 e. The van der Waals surface area contributed by atoms with Crippen molar-refractivity contribution in [1.29, 1.82) is 0 Å². The van der Waals surface area contributed by atoms with Crippen molar-refractivity contribution >= 4 is 21.9 Å². The Morgan fingerprint density at radius 2 is 2.08 bits per heavy atom. The van der Waals surface area contributed by atoms with E-state index in [2.05, 4.69) is 15.9 Å². The van der Waals surface area contributed by atoms with Gasteiger partial charge in [0.2, 0.25) is 0 Å². The van der Waals surface area contributed by atoms with Crippen molar-refractivity contribution < 1.29 is 14.6 Å². The van der Waals surface area contributed by atoms with Crippen LogP contribution < -0.4 is 0 Å². The van der Waals surface area contributed by atoms with Gasteiger partial charge in [-0.05, 0) is 5.56 Å². The van der Waals surface area contributed by atoms with E-state index in [9.17, 15) is 4.79 Å². The summed E-state index contributed by atoms with van der Waals surface area (Å²) >= 11 is 3.03. The molecule has 1 rings (SSSR count). The summed E-state index contributed by atoms with van der Waals surface area (Å²) in [6.07, 6.45) is -0.888. The molecule has 0 heterocycles. The van der Waals surface area contributed by atoms with Gasteiger partial charge in [-0.3, -0.25) is 0 Å². The Labute approximate surface area is 84.5 Å². The lowest BCUT2D eigenvalue weighted by Crippen LogP contribution is -2.14. The van der Waals surface area contributed by atoms with Gasteiger partial charge in [0.15, 0.2) is 6.10 Å². The summed E-state index contributed by atoms with van der Waals surface area (Å²) in [5.41, 5.74) is 0.855. The summed E-state index contributed by atoms with van der Waals surface area (Å²) in [7, 11) is 0. The molecule has 3 nitrogen and oxygen atoms in total. The van der Waals surface area contributed by atoms with Crippen molar-refractivity contribution in [2.75, 3.05) is 5.52 Å². The first-order valence-corrected chi connectivity index (χ1v) is 4.83. The third-order valence-electron chi connectivity index (χ3n) is 1.56. The molecule has 0 aliphatic heterocycles. The second kappa shape index (κ2) is 4.99. The van der Waals surface area contributed by atoms with Gasteiger partial charge in [-0.25, -0.2) is 4.79 Å². The zero-order valence-corrected chi connectivity index (χ0v) is 8.40. The van der Waals surface area contributed by atoms with Crippen LogP contribution in [0, 0.1) is 0 Å². The number of benzene rings is 1. The van der Waals surface area contributed by atoms with Crippen LogP contribution in [0.15, 0.2) is 30.3 Å². The van der Waals surface area contributed by atoms with Crippen LogP contribution in [0.5, 0.6) is 0 Å². The minimum atomic E-state index is -0.981. The molecule has 0 fully saturated rings. The van der Waals surface area contributed by atoms with E-state index >= 15 is 0 Å². The first-order chi connectivity index (χ1) is 6.25. The number of alkyl halides is 1. The van der Waals surface area contributed by atoms with E-state index in [0.717, 1.165) is 0 Å². The molecule has 1 aromatic rings. The first kappa shape index (κ1) is 10.2. The third-order valence-corrected chi connectivity index (χ3v) is 1.82. The number of hydrogen-bond donors (Lipinski definition) is 1. The smallest absolute Gasteiger partial charge is 0.337 e. The second-order valence-corrected chi connectivity index (χ2v) is 2.86. The molecule has 1 N–H and O–H groups in total. The van der Waals surface area contributed by atoms with Crippen molar-refractivity contribution in [2.45, 2.75) is 6.10 Å². The molecule has 0 aliphatic carbocycles. The fraction of sp³-hybridized carbons (Fsp3) is 0.222. The van der Waals surface area contributed by atoms with Crippen LogP contribution in [0.25, 0.3) is 0 Å². The molecule has 4 heteroatoms. The Kier molecular flexibility index (Phi) is 3.92. The third kappa shape index (κ3) is 2.82. The minimum Gasteiger partial charge on any atom is -0.479 e. The van der Waals surface area contributed by atoms with Crippen molar-refractivity contribution in [3.05, 3.63) is 35.9 Å². The average molecular weight is 245 g/mol. The van der Waals surface area contributed by atoms with Crippen molar-refractivity contribution in [1.82, 2.24) is 0 Å². The molecule has 0 unspecified atom stereocenters. The quantitative estimate of drug-likeness (QED) is 0.827. The number of carboxylic acid groups (broad SMARTS) is 1. The zero-order valence-electron chi connectivity index (χ0n) is 6.81. The summed E-state index contributed by atoms with van der Waals surface area (Å²) in [6, 6.07) is 8.84. The Morgan fingerprint density at radius 3 is 2.54 bits per heavy atom. The van der Waals surface area contributed by atoms with Gasteiger partial charge in [-0.1, -0.05) is 46.3 Å². The molecule has 0 radical (unpaired) electrons. The molecule has 0 bridgehead atoms. The molecule has 0 aliphatic rings. The summed E-state index contributed by atoms with van der Waals surface area (Å²) in [5.74, 6) is -0.981. The fourth-order valence-corrected chi connectivity index (χ4v) is 1.27. The van der Waals surface area contributed by atoms with Crippen LogP contribution in [0.3, 0.4) is 0 Å². The number of ether oxygens (including phenoxy) is 1. The molecule has 70 valence electrons. The Hall–Kier alpha value is -0.870. The minimum absolute atomic E-state index is 0.207. The summed E-state index contributed by atoms with van der Waals surface area (Å²) in [5, 5.41) is 8.81. The SMILES string of the molecule is O=C(O)[C@@H](OCBr)c1ccccc1. The molecule has 0 saturated heterocycles. The van der Waals surface area contributed by atoms with Gasteiger partial charge >= 0.3 is 5.97 Å². The molecule has 0 saturated carbocycles. The maximum absolute atomic E-state index is 10.7. The highest BCUT2D eigenvalue weighted by molar-refractivity contribution is 9.09. The first-order valence-electron chi connectivity index (χ1n) is 3.71. The number of carboxylic acids is 1. The van der Waals surface area contributed by atoms with E-state index in [0.29, 0.717) is 5.56 Å².